The predicted molar refractivity (Wildman–Crippen MR) is 69.3 cm³/mol. The number of ether oxygens (including phenoxy) is 4. The van der Waals surface area contributed by atoms with Gasteiger partial charge in [0, 0.05) is 0 Å². The van der Waals surface area contributed by atoms with Crippen molar-refractivity contribution >= 4 is 0 Å². The fraction of sp³-hybridized carbons (Fsp3) is 0.923. The minimum absolute atomic E-state index is 0.269. The summed E-state index contributed by atoms with van der Waals surface area (Å²) in [6.45, 7) is 5.83. The first-order valence-corrected chi connectivity index (χ1v) is 6.97. The van der Waals surface area contributed by atoms with E-state index in [1.165, 1.54) is 0 Å². The average molecular weight is 288 g/mol. The van der Waals surface area contributed by atoms with Crippen LogP contribution in [0.1, 0.15) is 39.5 Å². The number of hydrogen-bond donors (Lipinski definition) is 0. The maximum absolute atomic E-state index is 11.1. The Kier molecular flexibility index (Phi) is 4.85. The average Bonchev–Trinajstić information content (AvgIpc) is 2.99. The fourth-order valence-electron chi connectivity index (χ4n) is 2.45. The molecule has 116 valence electrons. The zero-order valence-corrected chi connectivity index (χ0v) is 12.1. The minimum atomic E-state index is -0.689. The highest BCUT2D eigenvalue weighted by Crippen LogP contribution is 2.32. The molecule has 0 aliphatic carbocycles. The van der Waals surface area contributed by atoms with Crippen LogP contribution in [-0.4, -0.2) is 42.9 Å². The monoisotopic (exact) mass is 288 g/mol. The summed E-state index contributed by atoms with van der Waals surface area (Å²) in [4.78, 5) is 10.8. The maximum atomic E-state index is 11.1. The van der Waals surface area contributed by atoms with E-state index >= 15 is 0 Å². The molecule has 0 N–H and O–H groups in total. The number of rotatable bonds is 7. The quantitative estimate of drug-likeness (QED) is 0.404. The second kappa shape index (κ2) is 6.26. The summed E-state index contributed by atoms with van der Waals surface area (Å²) in [7, 11) is 0. The van der Waals surface area contributed by atoms with Gasteiger partial charge < -0.3 is 18.9 Å². The molecule has 0 spiro atoms. The minimum Gasteiger partial charge on any atom is -0.348 e. The van der Waals surface area contributed by atoms with Gasteiger partial charge in [-0.05, 0) is 32.7 Å². The second-order valence-corrected chi connectivity index (χ2v) is 5.48. The van der Waals surface area contributed by atoms with Crippen LogP contribution in [0.25, 0.3) is 0 Å². The van der Waals surface area contributed by atoms with E-state index < -0.39 is 11.6 Å². The van der Waals surface area contributed by atoms with Gasteiger partial charge >= 0.3 is 0 Å². The highest BCUT2D eigenvalue weighted by Gasteiger charge is 2.33. The van der Waals surface area contributed by atoms with Crippen LogP contribution in [0.15, 0.2) is 0 Å². The molecule has 0 atom stereocenters. The summed E-state index contributed by atoms with van der Waals surface area (Å²) in [6.07, 6.45) is 1.67. The van der Waals surface area contributed by atoms with Gasteiger partial charge in [0.05, 0.1) is 26.4 Å². The summed E-state index contributed by atoms with van der Waals surface area (Å²) in [5.41, 5.74) is 0. The van der Waals surface area contributed by atoms with Gasteiger partial charge in [-0.1, -0.05) is 12.8 Å². The first-order valence-electron chi connectivity index (χ1n) is 6.97. The normalized spacial score (nSPS) is 23.9. The van der Waals surface area contributed by atoms with Gasteiger partial charge in [0.2, 0.25) is 0 Å². The van der Waals surface area contributed by atoms with Crippen LogP contribution in [0.4, 0.5) is 0 Å². The standard InChI is InChI=1S/C13H22NO6/c1-12(17-7-8-18-12)5-3-11(14(15)16)4-6-13(2)19-9-10-20-13/h3-10H2,1-2H3/q-1. The molecule has 0 aromatic carbocycles. The second-order valence-electron chi connectivity index (χ2n) is 5.48. The zero-order chi connectivity index (χ0) is 14.6. The first-order chi connectivity index (χ1) is 9.43. The molecule has 0 unspecified atom stereocenters. The molecule has 7 heteroatoms. The zero-order valence-electron chi connectivity index (χ0n) is 12.1. The fourth-order valence-corrected chi connectivity index (χ4v) is 2.45. The molecule has 0 amide bonds. The van der Waals surface area contributed by atoms with Crippen LogP contribution >= 0.6 is 0 Å². The van der Waals surface area contributed by atoms with Crippen LogP contribution in [0.2, 0.25) is 0 Å². The van der Waals surface area contributed by atoms with E-state index in [9.17, 15) is 10.1 Å². The molecule has 0 saturated carbocycles. The molecular formula is C13H22NO6-. The Morgan fingerprint density at radius 3 is 1.60 bits per heavy atom. The number of nitrogens with zero attached hydrogens (tertiary/aromatic N) is 1. The lowest BCUT2D eigenvalue weighted by molar-refractivity contribution is -0.472. The Hall–Kier alpha value is -0.890. The van der Waals surface area contributed by atoms with Gasteiger partial charge in [-0.15, -0.1) is 4.92 Å². The maximum Gasteiger partial charge on any atom is 0.163 e. The third kappa shape index (κ3) is 4.05. The van der Waals surface area contributed by atoms with E-state index in [0.717, 1.165) is 0 Å². The molecule has 7 nitrogen and oxygen atoms in total. The van der Waals surface area contributed by atoms with Crippen molar-refractivity contribution in [1.29, 1.82) is 0 Å². The molecule has 2 heterocycles. The van der Waals surface area contributed by atoms with E-state index in [2.05, 4.69) is 0 Å². The van der Waals surface area contributed by atoms with Gasteiger partial charge in [-0.2, -0.15) is 0 Å². The van der Waals surface area contributed by atoms with Gasteiger partial charge in [0.1, 0.15) is 0 Å². The van der Waals surface area contributed by atoms with Crippen molar-refractivity contribution in [3.63, 3.8) is 0 Å². The van der Waals surface area contributed by atoms with Crippen molar-refractivity contribution in [2.24, 2.45) is 0 Å². The van der Waals surface area contributed by atoms with Crippen molar-refractivity contribution in [3.05, 3.63) is 16.2 Å². The van der Waals surface area contributed by atoms with Crippen LogP contribution in [0.5, 0.6) is 0 Å². The summed E-state index contributed by atoms with van der Waals surface area (Å²) >= 11 is 0. The molecule has 0 radical (unpaired) electrons. The van der Waals surface area contributed by atoms with Crippen molar-refractivity contribution in [2.75, 3.05) is 26.4 Å². The molecule has 0 bridgehead atoms. The Bertz CT molecular complexity index is 310. The smallest absolute Gasteiger partial charge is 0.163 e. The third-order valence-electron chi connectivity index (χ3n) is 3.79. The highest BCUT2D eigenvalue weighted by atomic mass is 16.7. The number of hydrogen-bond acceptors (Lipinski definition) is 6. The summed E-state index contributed by atoms with van der Waals surface area (Å²) < 4.78 is 21.8. The predicted octanol–water partition coefficient (Wildman–Crippen LogP) is 1.88. The topological polar surface area (TPSA) is 80.1 Å². The van der Waals surface area contributed by atoms with Crippen molar-refractivity contribution in [2.45, 2.75) is 51.1 Å². The summed E-state index contributed by atoms with van der Waals surface area (Å²) in [5, 5.41) is 11.1. The molecular weight excluding hydrogens is 266 g/mol. The van der Waals surface area contributed by atoms with E-state index in [1.807, 2.05) is 13.8 Å². The lowest BCUT2D eigenvalue weighted by Crippen LogP contribution is -2.29. The molecule has 20 heavy (non-hydrogen) atoms. The molecule has 2 rings (SSSR count). The Morgan fingerprint density at radius 1 is 0.950 bits per heavy atom. The highest BCUT2D eigenvalue weighted by molar-refractivity contribution is 4.84. The van der Waals surface area contributed by atoms with Crippen LogP contribution in [0, 0.1) is 16.2 Å². The van der Waals surface area contributed by atoms with E-state index in [1.54, 1.807) is 0 Å². The molecule has 0 aromatic rings. The van der Waals surface area contributed by atoms with Crippen LogP contribution in [0.3, 0.4) is 0 Å². The SMILES string of the molecule is CC1(CC[C-](CCC2(C)OCCO2)[N+](=O)[O-])OCCO1. The molecule has 2 fully saturated rings. The first kappa shape index (κ1) is 15.5. The van der Waals surface area contributed by atoms with Gasteiger partial charge in [-0.25, -0.2) is 0 Å². The van der Waals surface area contributed by atoms with E-state index in [-0.39, 0.29) is 11.0 Å². The largest absolute Gasteiger partial charge is 0.348 e. The lowest BCUT2D eigenvalue weighted by Gasteiger charge is -2.30. The summed E-state index contributed by atoms with van der Waals surface area (Å²) in [6, 6.07) is 0.269. The Morgan fingerprint density at radius 2 is 1.30 bits per heavy atom. The Balaban J connectivity index is 1.79. The molecule has 2 aliphatic heterocycles. The van der Waals surface area contributed by atoms with Crippen LogP contribution < -0.4 is 0 Å². The summed E-state index contributed by atoms with van der Waals surface area (Å²) in [5.74, 6) is -1.38. The number of nitro groups is 1. The van der Waals surface area contributed by atoms with E-state index in [4.69, 9.17) is 18.9 Å². The third-order valence-corrected chi connectivity index (χ3v) is 3.79. The van der Waals surface area contributed by atoms with Crippen molar-refractivity contribution in [3.8, 4) is 0 Å². The van der Waals surface area contributed by atoms with E-state index in [0.29, 0.717) is 52.1 Å². The van der Waals surface area contributed by atoms with Gasteiger partial charge in [0.15, 0.2) is 11.6 Å². The molecule has 2 aliphatic rings. The van der Waals surface area contributed by atoms with Gasteiger partial charge in [0.25, 0.3) is 0 Å². The van der Waals surface area contributed by atoms with Crippen molar-refractivity contribution in [1.82, 2.24) is 0 Å². The lowest BCUT2D eigenvalue weighted by atomic mass is 10.00. The van der Waals surface area contributed by atoms with Crippen molar-refractivity contribution < 1.29 is 23.9 Å². The molecule has 0 aromatic heterocycles. The molecule has 2 saturated heterocycles. The Labute approximate surface area is 118 Å². The van der Waals surface area contributed by atoms with Gasteiger partial charge in [-0.3, -0.25) is 10.1 Å². The van der Waals surface area contributed by atoms with Crippen LogP contribution in [-0.2, 0) is 18.9 Å².